The molecule has 0 unspecified atom stereocenters. The summed E-state index contributed by atoms with van der Waals surface area (Å²) in [5, 5.41) is 6.75. The van der Waals surface area contributed by atoms with Gasteiger partial charge in [-0.15, -0.1) is 0 Å². The third kappa shape index (κ3) is 3.72. The first-order chi connectivity index (χ1) is 14.9. The molecule has 4 heterocycles. The van der Waals surface area contributed by atoms with Crippen LogP contribution in [0.4, 0.5) is 13.2 Å². The minimum Gasteiger partial charge on any atom is -0.455 e. The van der Waals surface area contributed by atoms with Crippen molar-refractivity contribution >= 4 is 5.91 Å². The van der Waals surface area contributed by atoms with Crippen molar-refractivity contribution in [1.82, 2.24) is 20.1 Å². The molecule has 3 aromatic heterocycles. The largest absolute Gasteiger partial charge is 0.455 e. The van der Waals surface area contributed by atoms with Crippen LogP contribution in [0.2, 0.25) is 0 Å². The second kappa shape index (κ2) is 7.54. The average Bonchev–Trinajstić information content (AvgIpc) is 3.50. The van der Waals surface area contributed by atoms with Crippen LogP contribution in [0.3, 0.4) is 0 Å². The van der Waals surface area contributed by atoms with E-state index in [0.717, 1.165) is 6.39 Å². The molecule has 0 saturated carbocycles. The molecule has 0 radical (unpaired) electrons. The molecule has 1 amide bonds. The highest BCUT2D eigenvalue weighted by atomic mass is 19.4. The van der Waals surface area contributed by atoms with Gasteiger partial charge in [0.25, 0.3) is 5.91 Å². The van der Waals surface area contributed by atoms with Crippen LogP contribution in [0.15, 0.2) is 27.7 Å². The number of hydrogen-bond donors (Lipinski definition) is 1. The number of nitrogens with one attached hydrogen (secondary N) is 1. The molecule has 0 bridgehead atoms. The van der Waals surface area contributed by atoms with E-state index in [1.54, 1.807) is 10.9 Å². The molecule has 1 fully saturated rings. The SMILES string of the molecule is O=C(NCc1cocn1)c1oc2c(c1C(F)(F)F)-c1nn(C[C@H]3COCO3)cc1CC2. The third-order valence-electron chi connectivity index (χ3n) is 5.16. The molecule has 3 aromatic rings. The van der Waals surface area contributed by atoms with Crippen LogP contribution in [0.5, 0.6) is 0 Å². The van der Waals surface area contributed by atoms with E-state index in [1.807, 2.05) is 0 Å². The zero-order chi connectivity index (χ0) is 21.6. The van der Waals surface area contributed by atoms with E-state index in [1.165, 1.54) is 6.26 Å². The minimum atomic E-state index is -4.81. The Morgan fingerprint density at radius 2 is 2.19 bits per heavy atom. The molecular formula is C19H17F3N4O5. The molecule has 9 nitrogen and oxygen atoms in total. The fourth-order valence-electron chi connectivity index (χ4n) is 3.79. The van der Waals surface area contributed by atoms with Crippen molar-refractivity contribution in [2.24, 2.45) is 0 Å². The van der Waals surface area contributed by atoms with Crippen LogP contribution in [-0.4, -0.2) is 40.2 Å². The maximum Gasteiger partial charge on any atom is 0.420 e. The molecule has 12 heteroatoms. The number of ether oxygens (including phenoxy) is 2. The number of carbonyl (C=O) groups excluding carboxylic acids is 1. The first-order valence-electron chi connectivity index (χ1n) is 9.54. The number of aromatic nitrogens is 3. The fourth-order valence-corrected chi connectivity index (χ4v) is 3.79. The molecule has 1 N–H and O–H groups in total. The molecular weight excluding hydrogens is 421 g/mol. The molecule has 0 aromatic carbocycles. The Hall–Kier alpha value is -3.12. The number of alkyl halides is 3. The van der Waals surface area contributed by atoms with Gasteiger partial charge in [0.15, 0.2) is 6.39 Å². The van der Waals surface area contributed by atoms with Crippen LogP contribution in [0, 0.1) is 0 Å². The van der Waals surface area contributed by atoms with Crippen LogP contribution in [0.1, 0.15) is 33.1 Å². The summed E-state index contributed by atoms with van der Waals surface area (Å²) in [5.74, 6) is -1.67. The molecule has 2 aliphatic rings. The highest BCUT2D eigenvalue weighted by molar-refractivity contribution is 5.96. The number of oxazole rings is 1. The number of rotatable bonds is 5. The molecule has 5 rings (SSSR count). The lowest BCUT2D eigenvalue weighted by Gasteiger charge is -2.12. The first kappa shape index (κ1) is 19.8. The Kier molecular flexibility index (Phi) is 4.82. The first-order valence-corrected chi connectivity index (χ1v) is 9.54. The lowest BCUT2D eigenvalue weighted by atomic mass is 9.93. The predicted octanol–water partition coefficient (Wildman–Crippen LogP) is 2.55. The standard InChI is InChI=1S/C19H17F3N4O5/c20-19(21,22)15-14-13(31-17(15)18(27)23-3-11-6-28-8-24-11)2-1-10-4-26(25-16(10)14)5-12-7-29-9-30-12/h4,6,8,12H,1-3,5,7,9H2,(H,23,27)/t12-/m0/s1. The highest BCUT2D eigenvalue weighted by Gasteiger charge is 2.45. The Bertz CT molecular complexity index is 1100. The molecule has 1 aliphatic heterocycles. The Morgan fingerprint density at radius 3 is 2.90 bits per heavy atom. The van der Waals surface area contributed by atoms with Gasteiger partial charge in [0.1, 0.15) is 30.5 Å². The van der Waals surface area contributed by atoms with Crippen LogP contribution in [0.25, 0.3) is 11.3 Å². The Balaban J connectivity index is 1.49. The summed E-state index contributed by atoms with van der Waals surface area (Å²) in [6.07, 6.45) is -0.183. The summed E-state index contributed by atoms with van der Waals surface area (Å²) in [4.78, 5) is 16.4. The summed E-state index contributed by atoms with van der Waals surface area (Å²) in [6.45, 7) is 0.835. The van der Waals surface area contributed by atoms with E-state index in [0.29, 0.717) is 30.8 Å². The lowest BCUT2D eigenvalue weighted by Crippen LogP contribution is -2.25. The number of hydrogen-bond acceptors (Lipinski definition) is 7. The number of carbonyl (C=O) groups is 1. The average molecular weight is 438 g/mol. The van der Waals surface area contributed by atoms with Crippen molar-refractivity contribution < 1.29 is 36.3 Å². The maximum atomic E-state index is 14.0. The maximum absolute atomic E-state index is 14.0. The van der Waals surface area contributed by atoms with Gasteiger partial charge in [0.2, 0.25) is 5.76 Å². The molecule has 31 heavy (non-hydrogen) atoms. The zero-order valence-corrected chi connectivity index (χ0v) is 16.1. The molecule has 1 aliphatic carbocycles. The number of fused-ring (bicyclic) bond motifs is 3. The fraction of sp³-hybridized carbons (Fsp3) is 0.421. The molecule has 1 saturated heterocycles. The van der Waals surface area contributed by atoms with Crippen LogP contribution >= 0.6 is 0 Å². The van der Waals surface area contributed by atoms with Crippen molar-refractivity contribution in [3.63, 3.8) is 0 Å². The topological polar surface area (TPSA) is 105 Å². The van der Waals surface area contributed by atoms with E-state index in [9.17, 15) is 18.0 Å². The van der Waals surface area contributed by atoms with Crippen molar-refractivity contribution in [3.8, 4) is 11.3 Å². The van der Waals surface area contributed by atoms with Crippen LogP contribution < -0.4 is 5.32 Å². The van der Waals surface area contributed by atoms with Gasteiger partial charge in [-0.05, 0) is 12.0 Å². The molecule has 164 valence electrons. The summed E-state index contributed by atoms with van der Waals surface area (Å²) in [7, 11) is 0. The van der Waals surface area contributed by atoms with Gasteiger partial charge in [0, 0.05) is 12.6 Å². The number of amides is 1. The highest BCUT2D eigenvalue weighted by Crippen LogP contribution is 2.46. The van der Waals surface area contributed by atoms with E-state index in [-0.39, 0.29) is 42.9 Å². The summed E-state index contributed by atoms with van der Waals surface area (Å²) >= 11 is 0. The second-order valence-electron chi connectivity index (χ2n) is 7.27. The van der Waals surface area contributed by atoms with Gasteiger partial charge in [-0.25, -0.2) is 4.98 Å². The van der Waals surface area contributed by atoms with Crippen molar-refractivity contribution in [3.05, 3.63) is 47.2 Å². The Labute approximate surface area is 173 Å². The number of furan rings is 1. The normalized spacial score (nSPS) is 18.1. The van der Waals surface area contributed by atoms with Gasteiger partial charge in [-0.3, -0.25) is 9.48 Å². The zero-order valence-electron chi connectivity index (χ0n) is 16.1. The van der Waals surface area contributed by atoms with E-state index < -0.39 is 23.4 Å². The van der Waals surface area contributed by atoms with E-state index in [4.69, 9.17) is 18.3 Å². The van der Waals surface area contributed by atoms with Gasteiger partial charge in [0.05, 0.1) is 36.6 Å². The summed E-state index contributed by atoms with van der Waals surface area (Å²) < 4.78 is 64.4. The minimum absolute atomic E-state index is 0.0945. The van der Waals surface area contributed by atoms with Crippen molar-refractivity contribution in [2.75, 3.05) is 13.4 Å². The monoisotopic (exact) mass is 438 g/mol. The predicted molar refractivity (Wildman–Crippen MR) is 95.7 cm³/mol. The summed E-state index contributed by atoms with van der Waals surface area (Å²) in [6, 6.07) is 0. The van der Waals surface area contributed by atoms with Crippen LogP contribution in [-0.2, 0) is 41.6 Å². The Morgan fingerprint density at radius 1 is 1.32 bits per heavy atom. The number of nitrogens with zero attached hydrogens (tertiary/aromatic N) is 3. The van der Waals surface area contributed by atoms with Crippen molar-refractivity contribution in [2.45, 2.75) is 38.2 Å². The molecule has 1 atom stereocenters. The van der Waals surface area contributed by atoms with E-state index in [2.05, 4.69) is 15.4 Å². The van der Waals surface area contributed by atoms with Gasteiger partial charge in [-0.2, -0.15) is 18.3 Å². The summed E-state index contributed by atoms with van der Waals surface area (Å²) in [5.41, 5.74) is -0.0918. The van der Waals surface area contributed by atoms with Crippen molar-refractivity contribution in [1.29, 1.82) is 0 Å². The smallest absolute Gasteiger partial charge is 0.420 e. The lowest BCUT2D eigenvalue weighted by molar-refractivity contribution is -0.137. The van der Waals surface area contributed by atoms with Gasteiger partial charge >= 0.3 is 6.18 Å². The van der Waals surface area contributed by atoms with Gasteiger partial charge < -0.3 is 23.6 Å². The van der Waals surface area contributed by atoms with E-state index >= 15 is 0 Å². The third-order valence-corrected chi connectivity index (χ3v) is 5.16. The number of aryl methyl sites for hydroxylation is 2. The number of halogens is 3. The quantitative estimate of drug-likeness (QED) is 0.653. The molecule has 0 spiro atoms. The second-order valence-corrected chi connectivity index (χ2v) is 7.27. The van der Waals surface area contributed by atoms with Gasteiger partial charge in [-0.1, -0.05) is 0 Å².